The second-order valence-electron chi connectivity index (χ2n) is 4.18. The van der Waals surface area contributed by atoms with E-state index in [1.807, 2.05) is 25.9 Å². The highest BCUT2D eigenvalue weighted by molar-refractivity contribution is 5.20. The topological polar surface area (TPSA) is 15.3 Å². The number of likely N-dealkylation sites (N-methyl/N-ethyl adjacent to an activating group) is 1. The lowest BCUT2D eigenvalue weighted by atomic mass is 10.1. The summed E-state index contributed by atoms with van der Waals surface area (Å²) in [5.41, 5.74) is 0.635. The molecule has 4 heteroatoms. The van der Waals surface area contributed by atoms with Crippen molar-refractivity contribution in [1.29, 1.82) is 0 Å². The molecule has 1 N–H and O–H groups in total. The number of nitrogens with one attached hydrogen (secondary N) is 1. The number of rotatable bonds is 5. The van der Waals surface area contributed by atoms with E-state index in [4.69, 9.17) is 0 Å². The highest BCUT2D eigenvalue weighted by Gasteiger charge is 2.07. The molecule has 1 aromatic carbocycles. The summed E-state index contributed by atoms with van der Waals surface area (Å²) in [6.45, 7) is 3.57. The Hall–Kier alpha value is -1.00. The van der Waals surface area contributed by atoms with Crippen molar-refractivity contribution in [2.75, 3.05) is 27.2 Å². The van der Waals surface area contributed by atoms with Crippen LogP contribution in [-0.2, 0) is 0 Å². The van der Waals surface area contributed by atoms with Gasteiger partial charge in [-0.25, -0.2) is 8.78 Å². The molecule has 0 saturated heterocycles. The Morgan fingerprint density at radius 3 is 2.25 bits per heavy atom. The SMILES string of the molecule is CC(NCCN(C)C)c1cc(F)cc(F)c1. The standard InChI is InChI=1S/C12H18F2N2/c1-9(15-4-5-16(2)3)10-6-11(13)8-12(14)7-10/h6-9,15H,4-5H2,1-3H3. The van der Waals surface area contributed by atoms with Gasteiger partial charge in [0.2, 0.25) is 0 Å². The van der Waals surface area contributed by atoms with Crippen molar-refractivity contribution in [2.24, 2.45) is 0 Å². The van der Waals surface area contributed by atoms with Gasteiger partial charge in [0.15, 0.2) is 0 Å². The van der Waals surface area contributed by atoms with Gasteiger partial charge in [0.05, 0.1) is 0 Å². The van der Waals surface area contributed by atoms with Gasteiger partial charge in [-0.05, 0) is 38.7 Å². The van der Waals surface area contributed by atoms with Crippen LogP contribution in [0.1, 0.15) is 18.5 Å². The predicted molar refractivity (Wildman–Crippen MR) is 61.3 cm³/mol. The van der Waals surface area contributed by atoms with E-state index in [0.717, 1.165) is 19.2 Å². The maximum Gasteiger partial charge on any atom is 0.126 e. The van der Waals surface area contributed by atoms with Crippen molar-refractivity contribution in [3.05, 3.63) is 35.4 Å². The first kappa shape index (κ1) is 13.1. The molecule has 1 rings (SSSR count). The van der Waals surface area contributed by atoms with Gasteiger partial charge in [0.25, 0.3) is 0 Å². The maximum absolute atomic E-state index is 13.0. The van der Waals surface area contributed by atoms with Gasteiger partial charge in [0, 0.05) is 25.2 Å². The number of hydrogen-bond donors (Lipinski definition) is 1. The molecule has 16 heavy (non-hydrogen) atoms. The Kier molecular flexibility index (Phi) is 4.83. The van der Waals surface area contributed by atoms with Crippen LogP contribution in [0.2, 0.25) is 0 Å². The number of nitrogens with zero attached hydrogens (tertiary/aromatic N) is 1. The monoisotopic (exact) mass is 228 g/mol. The molecule has 0 aliphatic heterocycles. The second kappa shape index (κ2) is 5.92. The van der Waals surface area contributed by atoms with E-state index in [-0.39, 0.29) is 6.04 Å². The number of hydrogen-bond acceptors (Lipinski definition) is 2. The van der Waals surface area contributed by atoms with Crippen LogP contribution < -0.4 is 5.32 Å². The van der Waals surface area contributed by atoms with Crippen LogP contribution in [-0.4, -0.2) is 32.1 Å². The fourth-order valence-electron chi connectivity index (χ4n) is 1.45. The summed E-state index contributed by atoms with van der Waals surface area (Å²) in [7, 11) is 3.96. The quantitative estimate of drug-likeness (QED) is 0.831. The van der Waals surface area contributed by atoms with Gasteiger partial charge in [-0.1, -0.05) is 0 Å². The van der Waals surface area contributed by atoms with Crippen molar-refractivity contribution in [3.8, 4) is 0 Å². The van der Waals surface area contributed by atoms with E-state index in [0.29, 0.717) is 5.56 Å². The first-order valence-corrected chi connectivity index (χ1v) is 5.33. The molecule has 1 atom stereocenters. The lowest BCUT2D eigenvalue weighted by molar-refractivity contribution is 0.388. The van der Waals surface area contributed by atoms with Gasteiger partial charge in [-0.15, -0.1) is 0 Å². The third-order valence-corrected chi connectivity index (χ3v) is 2.39. The second-order valence-corrected chi connectivity index (χ2v) is 4.18. The van der Waals surface area contributed by atoms with Crippen LogP contribution in [0.3, 0.4) is 0 Å². The van der Waals surface area contributed by atoms with E-state index >= 15 is 0 Å². The van der Waals surface area contributed by atoms with Crippen molar-refractivity contribution in [2.45, 2.75) is 13.0 Å². The van der Waals surface area contributed by atoms with Crippen LogP contribution in [0, 0.1) is 11.6 Å². The van der Waals surface area contributed by atoms with E-state index < -0.39 is 11.6 Å². The van der Waals surface area contributed by atoms with Gasteiger partial charge in [-0.3, -0.25) is 0 Å². The molecule has 0 bridgehead atoms. The van der Waals surface area contributed by atoms with Crippen LogP contribution in [0.5, 0.6) is 0 Å². The summed E-state index contributed by atoms with van der Waals surface area (Å²) in [5, 5.41) is 3.21. The third kappa shape index (κ3) is 4.24. The number of halogens is 2. The summed E-state index contributed by atoms with van der Waals surface area (Å²) < 4.78 is 25.9. The Balaban J connectivity index is 2.55. The summed E-state index contributed by atoms with van der Waals surface area (Å²) in [4.78, 5) is 2.05. The minimum atomic E-state index is -0.531. The molecule has 0 heterocycles. The van der Waals surface area contributed by atoms with Gasteiger partial charge >= 0.3 is 0 Å². The summed E-state index contributed by atoms with van der Waals surface area (Å²) in [6.07, 6.45) is 0. The molecule has 0 aliphatic rings. The maximum atomic E-state index is 13.0. The molecule has 90 valence electrons. The molecule has 0 fully saturated rings. The Morgan fingerprint density at radius 1 is 1.19 bits per heavy atom. The van der Waals surface area contributed by atoms with E-state index in [1.165, 1.54) is 12.1 Å². The summed E-state index contributed by atoms with van der Waals surface area (Å²) >= 11 is 0. The van der Waals surface area contributed by atoms with E-state index in [1.54, 1.807) is 0 Å². The molecule has 1 unspecified atom stereocenters. The normalized spacial score (nSPS) is 13.1. The zero-order valence-corrected chi connectivity index (χ0v) is 9.93. The molecule has 0 spiro atoms. The van der Waals surface area contributed by atoms with Crippen molar-refractivity contribution < 1.29 is 8.78 Å². The highest BCUT2D eigenvalue weighted by Crippen LogP contribution is 2.15. The third-order valence-electron chi connectivity index (χ3n) is 2.39. The van der Waals surface area contributed by atoms with Crippen LogP contribution in [0.15, 0.2) is 18.2 Å². The van der Waals surface area contributed by atoms with Gasteiger partial charge in [0.1, 0.15) is 11.6 Å². The zero-order chi connectivity index (χ0) is 12.1. The van der Waals surface area contributed by atoms with Gasteiger partial charge < -0.3 is 10.2 Å². The van der Waals surface area contributed by atoms with Crippen LogP contribution >= 0.6 is 0 Å². The minimum Gasteiger partial charge on any atom is -0.309 e. The van der Waals surface area contributed by atoms with Crippen molar-refractivity contribution >= 4 is 0 Å². The average Bonchev–Trinajstić information content (AvgIpc) is 2.15. The first-order valence-electron chi connectivity index (χ1n) is 5.33. The lowest BCUT2D eigenvalue weighted by Gasteiger charge is -2.16. The summed E-state index contributed by atoms with van der Waals surface area (Å²) in [6, 6.07) is 3.55. The zero-order valence-electron chi connectivity index (χ0n) is 9.93. The molecule has 1 aromatic rings. The van der Waals surface area contributed by atoms with Gasteiger partial charge in [-0.2, -0.15) is 0 Å². The van der Waals surface area contributed by atoms with Crippen molar-refractivity contribution in [1.82, 2.24) is 10.2 Å². The highest BCUT2D eigenvalue weighted by atomic mass is 19.1. The molecule has 0 radical (unpaired) electrons. The Morgan fingerprint density at radius 2 is 1.75 bits per heavy atom. The fraction of sp³-hybridized carbons (Fsp3) is 0.500. The predicted octanol–water partition coefficient (Wildman–Crippen LogP) is 2.18. The molecule has 0 saturated carbocycles. The van der Waals surface area contributed by atoms with Crippen LogP contribution in [0.4, 0.5) is 8.78 Å². The van der Waals surface area contributed by atoms with Crippen LogP contribution in [0.25, 0.3) is 0 Å². The molecular weight excluding hydrogens is 210 g/mol. The first-order chi connectivity index (χ1) is 7.49. The molecular formula is C12H18F2N2. The summed E-state index contributed by atoms with van der Waals surface area (Å²) in [5.74, 6) is -1.06. The molecule has 0 amide bonds. The fourth-order valence-corrected chi connectivity index (χ4v) is 1.45. The van der Waals surface area contributed by atoms with E-state index in [2.05, 4.69) is 5.32 Å². The van der Waals surface area contributed by atoms with E-state index in [9.17, 15) is 8.78 Å². The average molecular weight is 228 g/mol. The molecule has 0 aliphatic carbocycles. The molecule has 0 aromatic heterocycles. The lowest BCUT2D eigenvalue weighted by Crippen LogP contribution is -2.28. The Bertz CT molecular complexity index is 320. The molecule has 2 nitrogen and oxygen atoms in total. The Labute approximate surface area is 95.3 Å². The van der Waals surface area contributed by atoms with Crippen molar-refractivity contribution in [3.63, 3.8) is 0 Å². The minimum absolute atomic E-state index is 0.0508. The largest absolute Gasteiger partial charge is 0.309 e. The number of benzene rings is 1. The smallest absolute Gasteiger partial charge is 0.126 e.